The van der Waals surface area contributed by atoms with Crippen molar-refractivity contribution in [3.8, 4) is 0 Å². The van der Waals surface area contributed by atoms with E-state index in [2.05, 4.69) is 10.3 Å². The van der Waals surface area contributed by atoms with Crippen LogP contribution in [0.4, 0.5) is 4.79 Å². The zero-order valence-electron chi connectivity index (χ0n) is 14.0. The molecule has 3 N–H and O–H groups in total. The first kappa shape index (κ1) is 17.5. The molecule has 0 saturated heterocycles. The fraction of sp³-hybridized carbons (Fsp3) is 0.353. The highest BCUT2D eigenvalue weighted by molar-refractivity contribution is 5.83. The summed E-state index contributed by atoms with van der Waals surface area (Å²) in [5.41, 5.74) is 6.18. The molecule has 1 aromatic carbocycles. The molecule has 1 heterocycles. The minimum Gasteiger partial charge on any atom is -0.351 e. The van der Waals surface area contributed by atoms with Gasteiger partial charge in [0, 0.05) is 26.0 Å². The molecule has 0 bridgehead atoms. The summed E-state index contributed by atoms with van der Waals surface area (Å²) in [6, 6.07) is 8.98. The van der Waals surface area contributed by atoms with Crippen molar-refractivity contribution in [2.75, 3.05) is 13.6 Å². The first-order valence-electron chi connectivity index (χ1n) is 7.80. The van der Waals surface area contributed by atoms with Gasteiger partial charge < -0.3 is 20.5 Å². The molecule has 2 rings (SSSR count). The number of nitrogens with two attached hydrogens (primary N) is 1. The number of aromatic nitrogens is 2. The summed E-state index contributed by atoms with van der Waals surface area (Å²) in [5, 5.41) is 2.98. The molecule has 7 heteroatoms. The second kappa shape index (κ2) is 8.14. The smallest absolute Gasteiger partial charge is 0.314 e. The van der Waals surface area contributed by atoms with E-state index in [0.717, 1.165) is 17.9 Å². The number of aryl methyl sites for hydroxylation is 2. The third-order valence-electron chi connectivity index (χ3n) is 3.88. The number of carbonyl (C=O) groups excluding carboxylic acids is 2. The highest BCUT2D eigenvalue weighted by Crippen LogP contribution is 2.18. The number of rotatable bonds is 7. The lowest BCUT2D eigenvalue weighted by Gasteiger charge is -2.22. The number of hydrogen-bond acceptors (Lipinski definition) is 3. The average Bonchev–Trinajstić information content (AvgIpc) is 2.97. The quantitative estimate of drug-likeness (QED) is 0.805. The largest absolute Gasteiger partial charge is 0.351 e. The first-order valence-corrected chi connectivity index (χ1v) is 7.80. The van der Waals surface area contributed by atoms with Gasteiger partial charge in [0.15, 0.2) is 0 Å². The number of likely N-dealkylation sites (N-methyl/N-ethyl adjacent to an activating group) is 1. The van der Waals surface area contributed by atoms with E-state index in [0.29, 0.717) is 6.42 Å². The van der Waals surface area contributed by atoms with Crippen LogP contribution in [0.3, 0.4) is 0 Å². The number of amides is 3. The summed E-state index contributed by atoms with van der Waals surface area (Å²) in [6.07, 6.45) is 4.39. The van der Waals surface area contributed by atoms with Gasteiger partial charge in [-0.05, 0) is 18.9 Å². The van der Waals surface area contributed by atoms with Crippen LogP contribution in [0.5, 0.6) is 0 Å². The predicted octanol–water partition coefficient (Wildman–Crippen LogP) is 1.45. The molecule has 0 saturated carbocycles. The molecular weight excluding hydrogens is 306 g/mol. The number of urea groups is 1. The Bertz CT molecular complexity index is 683. The second-order valence-corrected chi connectivity index (χ2v) is 5.68. The normalized spacial score (nSPS) is 11.8. The summed E-state index contributed by atoms with van der Waals surface area (Å²) >= 11 is 0. The standard InChI is InChI=1S/C17H23N5O2/c1-13-19-9-11-22(13)10-8-15(14-6-4-3-5-7-14)20-16(23)12-21(2)17(18)24/h3-7,9,11,15H,8,10,12H2,1-2H3,(H2,18,24)(H,20,23). The van der Waals surface area contributed by atoms with Crippen molar-refractivity contribution in [2.45, 2.75) is 25.9 Å². The van der Waals surface area contributed by atoms with E-state index in [1.807, 2.05) is 48.0 Å². The lowest BCUT2D eigenvalue weighted by atomic mass is 10.0. The topological polar surface area (TPSA) is 93.2 Å². The zero-order valence-corrected chi connectivity index (χ0v) is 14.0. The van der Waals surface area contributed by atoms with Crippen molar-refractivity contribution in [3.05, 3.63) is 54.1 Å². The number of benzene rings is 1. The van der Waals surface area contributed by atoms with E-state index in [1.165, 1.54) is 11.9 Å². The monoisotopic (exact) mass is 329 g/mol. The van der Waals surface area contributed by atoms with Gasteiger partial charge in [0.1, 0.15) is 12.4 Å². The predicted molar refractivity (Wildman–Crippen MR) is 91.1 cm³/mol. The summed E-state index contributed by atoms with van der Waals surface area (Å²) in [4.78, 5) is 28.6. The second-order valence-electron chi connectivity index (χ2n) is 5.68. The molecule has 0 aliphatic carbocycles. The Balaban J connectivity index is 2.04. The van der Waals surface area contributed by atoms with Gasteiger partial charge >= 0.3 is 6.03 Å². The fourth-order valence-electron chi connectivity index (χ4n) is 2.45. The van der Waals surface area contributed by atoms with Gasteiger partial charge in [0.2, 0.25) is 5.91 Å². The van der Waals surface area contributed by atoms with Crippen LogP contribution in [0.1, 0.15) is 23.9 Å². The molecule has 2 aromatic rings. The summed E-state index contributed by atoms with van der Waals surface area (Å²) in [5.74, 6) is 0.689. The van der Waals surface area contributed by atoms with E-state index in [4.69, 9.17) is 5.73 Å². The van der Waals surface area contributed by atoms with Gasteiger partial charge in [0.05, 0.1) is 6.04 Å². The minimum atomic E-state index is -0.629. The highest BCUT2D eigenvalue weighted by atomic mass is 16.2. The third-order valence-corrected chi connectivity index (χ3v) is 3.88. The summed E-state index contributed by atoms with van der Waals surface area (Å²) < 4.78 is 2.04. The van der Waals surface area contributed by atoms with Gasteiger partial charge in [-0.15, -0.1) is 0 Å². The molecule has 1 unspecified atom stereocenters. The Morgan fingerprint density at radius 2 is 2.04 bits per heavy atom. The first-order chi connectivity index (χ1) is 11.5. The van der Waals surface area contributed by atoms with Gasteiger partial charge in [-0.2, -0.15) is 0 Å². The third kappa shape index (κ3) is 4.84. The lowest BCUT2D eigenvalue weighted by Crippen LogP contribution is -2.42. The van der Waals surface area contributed by atoms with Gasteiger partial charge in [0.25, 0.3) is 0 Å². The van der Waals surface area contributed by atoms with Crippen LogP contribution >= 0.6 is 0 Å². The van der Waals surface area contributed by atoms with E-state index in [1.54, 1.807) is 6.20 Å². The molecule has 24 heavy (non-hydrogen) atoms. The van der Waals surface area contributed by atoms with Crippen LogP contribution < -0.4 is 11.1 Å². The van der Waals surface area contributed by atoms with Crippen molar-refractivity contribution >= 4 is 11.9 Å². The Morgan fingerprint density at radius 3 is 2.62 bits per heavy atom. The van der Waals surface area contributed by atoms with Crippen molar-refractivity contribution in [3.63, 3.8) is 0 Å². The maximum absolute atomic E-state index is 12.2. The number of hydrogen-bond donors (Lipinski definition) is 2. The average molecular weight is 329 g/mol. The zero-order chi connectivity index (χ0) is 17.5. The van der Waals surface area contributed by atoms with Gasteiger partial charge in [-0.25, -0.2) is 9.78 Å². The number of primary amides is 1. The molecule has 1 atom stereocenters. The molecule has 0 aliphatic heterocycles. The highest BCUT2D eigenvalue weighted by Gasteiger charge is 2.17. The molecule has 3 amide bonds. The van der Waals surface area contributed by atoms with Crippen LogP contribution in [0.15, 0.2) is 42.7 Å². The van der Waals surface area contributed by atoms with Crippen LogP contribution in [-0.2, 0) is 11.3 Å². The number of imidazole rings is 1. The van der Waals surface area contributed by atoms with Crippen molar-refractivity contribution in [1.82, 2.24) is 19.8 Å². The Morgan fingerprint density at radius 1 is 1.33 bits per heavy atom. The van der Waals surface area contributed by atoms with Crippen molar-refractivity contribution in [2.24, 2.45) is 5.73 Å². The molecule has 128 valence electrons. The van der Waals surface area contributed by atoms with Crippen LogP contribution in [0.25, 0.3) is 0 Å². The fourth-order valence-corrected chi connectivity index (χ4v) is 2.45. The summed E-state index contributed by atoms with van der Waals surface area (Å²) in [6.45, 7) is 2.61. The van der Waals surface area contributed by atoms with Crippen LogP contribution in [0, 0.1) is 6.92 Å². The molecule has 0 radical (unpaired) electrons. The molecule has 0 spiro atoms. The Hall–Kier alpha value is -2.83. The molecule has 1 aromatic heterocycles. The van der Waals surface area contributed by atoms with Crippen LogP contribution in [-0.4, -0.2) is 40.0 Å². The molecule has 7 nitrogen and oxygen atoms in total. The molecule has 0 fully saturated rings. The van der Waals surface area contributed by atoms with Crippen LogP contribution in [0.2, 0.25) is 0 Å². The molecular formula is C17H23N5O2. The van der Waals surface area contributed by atoms with Crippen molar-refractivity contribution in [1.29, 1.82) is 0 Å². The minimum absolute atomic E-state index is 0.0667. The molecule has 0 aliphatic rings. The van der Waals surface area contributed by atoms with E-state index in [-0.39, 0.29) is 18.5 Å². The van der Waals surface area contributed by atoms with E-state index >= 15 is 0 Å². The van der Waals surface area contributed by atoms with E-state index < -0.39 is 6.03 Å². The van der Waals surface area contributed by atoms with E-state index in [9.17, 15) is 9.59 Å². The maximum atomic E-state index is 12.2. The number of nitrogens with one attached hydrogen (secondary N) is 1. The Labute approximate surface area is 141 Å². The summed E-state index contributed by atoms with van der Waals surface area (Å²) in [7, 11) is 1.49. The Kier molecular flexibility index (Phi) is 5.95. The number of nitrogens with zero attached hydrogens (tertiary/aromatic N) is 3. The van der Waals surface area contributed by atoms with Gasteiger partial charge in [-0.1, -0.05) is 30.3 Å². The number of carbonyl (C=O) groups is 2. The SMILES string of the molecule is Cc1nccn1CCC(NC(=O)CN(C)C(N)=O)c1ccccc1. The maximum Gasteiger partial charge on any atom is 0.314 e. The van der Waals surface area contributed by atoms with Crippen molar-refractivity contribution < 1.29 is 9.59 Å². The van der Waals surface area contributed by atoms with Gasteiger partial charge in [-0.3, -0.25) is 4.79 Å². The lowest BCUT2D eigenvalue weighted by molar-refractivity contribution is -0.122.